The molecular formula is C25H23N3O3. The van der Waals surface area contributed by atoms with Crippen LogP contribution < -0.4 is 9.47 Å². The van der Waals surface area contributed by atoms with Crippen LogP contribution in [0.15, 0.2) is 76.3 Å². The van der Waals surface area contributed by atoms with Gasteiger partial charge in [0.15, 0.2) is 17.3 Å². The van der Waals surface area contributed by atoms with Gasteiger partial charge in [0.25, 0.3) is 0 Å². The summed E-state index contributed by atoms with van der Waals surface area (Å²) >= 11 is 0. The Balaban J connectivity index is 1.70. The number of hydrogen-bond donors (Lipinski definition) is 0. The summed E-state index contributed by atoms with van der Waals surface area (Å²) < 4.78 is 18.7. The second-order valence-electron chi connectivity index (χ2n) is 7.46. The minimum absolute atomic E-state index is 0.0817. The average molecular weight is 413 g/mol. The van der Waals surface area contributed by atoms with Gasteiger partial charge in [0.1, 0.15) is 11.8 Å². The van der Waals surface area contributed by atoms with Crippen molar-refractivity contribution in [1.29, 1.82) is 0 Å². The molecule has 0 spiro atoms. The molecule has 0 amide bonds. The number of ether oxygens (including phenoxy) is 2. The minimum atomic E-state index is -0.0817. The van der Waals surface area contributed by atoms with Crippen LogP contribution in [0.1, 0.15) is 29.5 Å². The number of furan rings is 1. The van der Waals surface area contributed by atoms with Crippen molar-refractivity contribution in [3.8, 4) is 22.6 Å². The van der Waals surface area contributed by atoms with Gasteiger partial charge < -0.3 is 13.9 Å². The molecule has 31 heavy (non-hydrogen) atoms. The van der Waals surface area contributed by atoms with Gasteiger partial charge in [-0.15, -0.1) is 0 Å². The highest BCUT2D eigenvalue weighted by molar-refractivity contribution is 6.04. The summed E-state index contributed by atoms with van der Waals surface area (Å²) in [5.74, 6) is 3.06. The summed E-state index contributed by atoms with van der Waals surface area (Å²) in [6.45, 7) is 2.03. The van der Waals surface area contributed by atoms with Crippen LogP contribution in [0, 0.1) is 6.92 Å². The number of benzene rings is 2. The molecule has 1 atom stereocenters. The molecule has 4 aromatic rings. The third kappa shape index (κ3) is 3.30. The summed E-state index contributed by atoms with van der Waals surface area (Å²) in [5, 5.41) is 4.86. The topological polar surface area (TPSA) is 61.8 Å². The molecule has 0 saturated heterocycles. The summed E-state index contributed by atoms with van der Waals surface area (Å²) in [6, 6.07) is 20.0. The van der Waals surface area contributed by atoms with Gasteiger partial charge in [0.2, 0.25) is 0 Å². The molecule has 2 aromatic heterocycles. The number of aromatic nitrogens is 2. The average Bonchev–Trinajstić information content (AvgIpc) is 3.46. The molecule has 2 aromatic carbocycles. The molecule has 6 nitrogen and oxygen atoms in total. The van der Waals surface area contributed by atoms with Crippen molar-refractivity contribution < 1.29 is 13.9 Å². The molecule has 1 aliphatic heterocycles. The lowest BCUT2D eigenvalue weighted by atomic mass is 9.98. The Hall–Kier alpha value is -3.80. The van der Waals surface area contributed by atoms with Gasteiger partial charge in [-0.25, -0.2) is 9.67 Å². The third-order valence-electron chi connectivity index (χ3n) is 5.63. The molecule has 0 fully saturated rings. The van der Waals surface area contributed by atoms with Crippen LogP contribution in [0.3, 0.4) is 0 Å². The van der Waals surface area contributed by atoms with Crippen LogP contribution >= 0.6 is 0 Å². The number of nitrogens with zero attached hydrogens (tertiary/aromatic N) is 3. The van der Waals surface area contributed by atoms with E-state index in [-0.39, 0.29) is 6.04 Å². The lowest BCUT2D eigenvalue weighted by molar-refractivity contribution is 0.355. The van der Waals surface area contributed by atoms with E-state index in [1.807, 2.05) is 60.1 Å². The fraction of sp³-hybridized carbons (Fsp3) is 0.200. The molecule has 0 radical (unpaired) electrons. The van der Waals surface area contributed by atoms with Crippen molar-refractivity contribution in [3.05, 3.63) is 83.9 Å². The Morgan fingerprint density at radius 2 is 1.74 bits per heavy atom. The summed E-state index contributed by atoms with van der Waals surface area (Å²) in [6.07, 6.45) is 2.36. The number of hydrogen-bond acceptors (Lipinski definition) is 5. The molecule has 1 aliphatic rings. The summed E-state index contributed by atoms with van der Waals surface area (Å²) in [7, 11) is 3.28. The zero-order valence-electron chi connectivity index (χ0n) is 17.7. The molecule has 0 saturated carbocycles. The van der Waals surface area contributed by atoms with Crippen LogP contribution in [0.2, 0.25) is 0 Å². The van der Waals surface area contributed by atoms with Crippen molar-refractivity contribution in [3.63, 3.8) is 0 Å². The fourth-order valence-corrected chi connectivity index (χ4v) is 4.15. The maximum atomic E-state index is 5.79. The zero-order chi connectivity index (χ0) is 21.4. The summed E-state index contributed by atoms with van der Waals surface area (Å²) in [4.78, 5) is 5.08. The van der Waals surface area contributed by atoms with Gasteiger partial charge in [0.05, 0.1) is 31.9 Å². The van der Waals surface area contributed by atoms with Crippen molar-refractivity contribution in [2.75, 3.05) is 14.2 Å². The molecule has 0 unspecified atom stereocenters. The first-order valence-electron chi connectivity index (χ1n) is 10.2. The number of fused-ring (bicyclic) bond motifs is 1. The Bertz CT molecular complexity index is 1240. The highest BCUT2D eigenvalue weighted by Crippen LogP contribution is 2.42. The lowest BCUT2D eigenvalue weighted by Crippen LogP contribution is -2.21. The monoisotopic (exact) mass is 413 g/mol. The third-order valence-corrected chi connectivity index (χ3v) is 5.63. The second kappa shape index (κ2) is 7.80. The van der Waals surface area contributed by atoms with Crippen LogP contribution in [0.4, 0.5) is 5.82 Å². The van der Waals surface area contributed by atoms with Crippen molar-refractivity contribution in [2.24, 2.45) is 4.99 Å². The maximum Gasteiger partial charge on any atom is 0.161 e. The molecule has 0 aliphatic carbocycles. The number of rotatable bonds is 5. The van der Waals surface area contributed by atoms with E-state index in [0.717, 1.165) is 39.7 Å². The molecule has 0 bridgehead atoms. The lowest BCUT2D eigenvalue weighted by Gasteiger charge is -2.24. The fourth-order valence-electron chi connectivity index (χ4n) is 4.15. The van der Waals surface area contributed by atoms with Crippen LogP contribution in [0.5, 0.6) is 11.5 Å². The smallest absolute Gasteiger partial charge is 0.161 e. The minimum Gasteiger partial charge on any atom is -0.493 e. The van der Waals surface area contributed by atoms with E-state index in [2.05, 4.69) is 12.1 Å². The molecule has 0 N–H and O–H groups in total. The van der Waals surface area contributed by atoms with Crippen LogP contribution in [-0.4, -0.2) is 29.7 Å². The predicted molar refractivity (Wildman–Crippen MR) is 120 cm³/mol. The van der Waals surface area contributed by atoms with E-state index in [4.69, 9.17) is 24.0 Å². The zero-order valence-corrected chi connectivity index (χ0v) is 17.7. The van der Waals surface area contributed by atoms with E-state index in [9.17, 15) is 0 Å². The number of aliphatic imine (C=N–C) groups is 1. The molecule has 5 rings (SSSR count). The first-order chi connectivity index (χ1) is 15.2. The quantitative estimate of drug-likeness (QED) is 0.428. The van der Waals surface area contributed by atoms with Gasteiger partial charge in [-0.3, -0.25) is 0 Å². The first-order valence-corrected chi connectivity index (χ1v) is 10.2. The van der Waals surface area contributed by atoms with Crippen LogP contribution in [-0.2, 0) is 0 Å². The van der Waals surface area contributed by atoms with Crippen LogP contribution in [0.25, 0.3) is 11.1 Å². The van der Waals surface area contributed by atoms with Crippen molar-refractivity contribution in [2.45, 2.75) is 19.4 Å². The molecular weight excluding hydrogens is 390 g/mol. The molecule has 3 heterocycles. The van der Waals surface area contributed by atoms with Gasteiger partial charge in [-0.05, 0) is 42.8 Å². The largest absolute Gasteiger partial charge is 0.493 e. The Labute approximate surface area is 180 Å². The predicted octanol–water partition coefficient (Wildman–Crippen LogP) is 5.58. The van der Waals surface area contributed by atoms with Gasteiger partial charge in [-0.1, -0.05) is 30.3 Å². The summed E-state index contributed by atoms with van der Waals surface area (Å²) in [5.41, 5.74) is 5.01. The van der Waals surface area contributed by atoms with E-state index in [1.54, 1.807) is 20.5 Å². The van der Waals surface area contributed by atoms with Crippen molar-refractivity contribution >= 4 is 11.5 Å². The molecule has 6 heteroatoms. The Kier molecular flexibility index (Phi) is 4.82. The van der Waals surface area contributed by atoms with Gasteiger partial charge in [-0.2, -0.15) is 5.10 Å². The number of aryl methyl sites for hydroxylation is 1. The van der Waals surface area contributed by atoms with E-state index in [0.29, 0.717) is 17.9 Å². The Morgan fingerprint density at radius 3 is 2.45 bits per heavy atom. The molecule has 156 valence electrons. The van der Waals surface area contributed by atoms with Gasteiger partial charge >= 0.3 is 0 Å². The highest BCUT2D eigenvalue weighted by atomic mass is 16.5. The van der Waals surface area contributed by atoms with E-state index in [1.165, 1.54) is 0 Å². The van der Waals surface area contributed by atoms with E-state index >= 15 is 0 Å². The normalized spacial score (nSPS) is 15.3. The van der Waals surface area contributed by atoms with E-state index < -0.39 is 0 Å². The first kappa shape index (κ1) is 19.2. The van der Waals surface area contributed by atoms with Crippen molar-refractivity contribution in [1.82, 2.24) is 9.78 Å². The second-order valence-corrected chi connectivity index (χ2v) is 7.46. The number of methoxy groups -OCH3 is 2. The SMILES string of the molecule is COc1ccc(C2=Nc3c(-c4ccccc4)c(C)nn3[C@@H](c3ccco3)C2)cc1OC. The van der Waals surface area contributed by atoms with Gasteiger partial charge in [0, 0.05) is 17.5 Å². The Morgan fingerprint density at radius 1 is 0.935 bits per heavy atom. The maximum absolute atomic E-state index is 5.79. The highest BCUT2D eigenvalue weighted by Gasteiger charge is 2.31. The standard InChI is InChI=1S/C25H23N3O3/c1-16-24(17-8-5-4-6-9-17)25-26-19(18-11-12-22(29-2)23(14-18)30-3)15-20(28(25)27-16)21-10-7-13-31-21/h4-14,20H,15H2,1-3H3/t20-/m1/s1.